The highest BCUT2D eigenvalue weighted by Crippen LogP contribution is 2.28. The summed E-state index contributed by atoms with van der Waals surface area (Å²) < 4.78 is 27.7. The van der Waals surface area contributed by atoms with E-state index in [1.54, 1.807) is 6.07 Å². The van der Waals surface area contributed by atoms with E-state index in [0.717, 1.165) is 11.3 Å². The van der Waals surface area contributed by atoms with Crippen LogP contribution in [0.5, 0.6) is 5.75 Å². The van der Waals surface area contributed by atoms with Crippen LogP contribution < -0.4 is 10.1 Å². The van der Waals surface area contributed by atoms with Crippen molar-refractivity contribution in [1.82, 2.24) is 5.32 Å². The van der Waals surface area contributed by atoms with E-state index in [4.69, 9.17) is 16.3 Å². The lowest BCUT2D eigenvalue weighted by atomic mass is 10.1. The molecule has 1 rings (SSSR count). The van der Waals surface area contributed by atoms with Gasteiger partial charge in [0.1, 0.15) is 15.6 Å². The first-order valence-corrected chi connectivity index (χ1v) is 8.54. The normalized spacial score (nSPS) is 13.3. The van der Waals surface area contributed by atoms with E-state index in [9.17, 15) is 8.42 Å². The van der Waals surface area contributed by atoms with Crippen molar-refractivity contribution < 1.29 is 13.2 Å². The highest BCUT2D eigenvalue weighted by atomic mass is 35.5. The van der Waals surface area contributed by atoms with Gasteiger partial charge in [0.05, 0.1) is 12.4 Å². The molecule has 1 aromatic rings. The molecule has 0 aromatic heterocycles. The number of nitrogens with one attached hydrogen (secondary N) is 1. The number of halogens is 1. The summed E-state index contributed by atoms with van der Waals surface area (Å²) >= 11 is 5.98. The maximum Gasteiger partial charge on any atom is 0.147 e. The molecule has 0 aliphatic heterocycles. The lowest BCUT2D eigenvalue weighted by molar-refractivity contribution is 0.312. The van der Waals surface area contributed by atoms with E-state index in [1.807, 2.05) is 26.1 Å². The van der Waals surface area contributed by atoms with Gasteiger partial charge < -0.3 is 10.1 Å². The molecule has 0 amide bonds. The molecule has 0 bridgehead atoms. The number of benzene rings is 1. The van der Waals surface area contributed by atoms with Crippen LogP contribution in [0.4, 0.5) is 0 Å². The van der Waals surface area contributed by atoms with Crippen molar-refractivity contribution in [3.63, 3.8) is 0 Å². The van der Waals surface area contributed by atoms with Crippen LogP contribution in [-0.4, -0.2) is 34.1 Å². The Balaban J connectivity index is 2.67. The first kappa shape index (κ1) is 16.3. The van der Waals surface area contributed by atoms with E-state index in [-0.39, 0.29) is 11.8 Å². The number of hydrogen-bond acceptors (Lipinski definition) is 4. The molecule has 0 saturated carbocycles. The molecule has 19 heavy (non-hydrogen) atoms. The first-order valence-electron chi connectivity index (χ1n) is 6.10. The molecule has 0 radical (unpaired) electrons. The minimum Gasteiger partial charge on any atom is -0.493 e. The van der Waals surface area contributed by atoms with E-state index < -0.39 is 9.84 Å². The quantitative estimate of drug-likeness (QED) is 0.786. The van der Waals surface area contributed by atoms with Gasteiger partial charge in [0.15, 0.2) is 0 Å². The molecule has 108 valence electrons. The largest absolute Gasteiger partial charge is 0.493 e. The Morgan fingerprint density at radius 3 is 2.68 bits per heavy atom. The predicted molar refractivity (Wildman–Crippen MR) is 78.7 cm³/mol. The summed E-state index contributed by atoms with van der Waals surface area (Å²) in [6.07, 6.45) is 1.71. The number of rotatable bonds is 7. The van der Waals surface area contributed by atoms with Gasteiger partial charge in [-0.15, -0.1) is 0 Å². The van der Waals surface area contributed by atoms with Gasteiger partial charge in [-0.25, -0.2) is 8.42 Å². The number of hydrogen-bond donors (Lipinski definition) is 1. The zero-order valence-corrected chi connectivity index (χ0v) is 13.0. The summed E-state index contributed by atoms with van der Waals surface area (Å²) in [5.41, 5.74) is 0.967. The summed E-state index contributed by atoms with van der Waals surface area (Å²) in [6, 6.07) is 5.54. The summed E-state index contributed by atoms with van der Waals surface area (Å²) in [5, 5.41) is 3.78. The van der Waals surface area contributed by atoms with Crippen LogP contribution >= 0.6 is 11.6 Å². The van der Waals surface area contributed by atoms with Crippen molar-refractivity contribution in [1.29, 1.82) is 0 Å². The molecule has 0 aliphatic carbocycles. The highest BCUT2D eigenvalue weighted by Gasteiger charge is 2.11. The SMILES string of the molecule is CNC(C)c1cc(Cl)ccc1OCCCS(C)(=O)=O. The Labute approximate surface area is 120 Å². The van der Waals surface area contributed by atoms with Gasteiger partial charge in [-0.2, -0.15) is 0 Å². The minimum absolute atomic E-state index is 0.114. The van der Waals surface area contributed by atoms with Gasteiger partial charge >= 0.3 is 0 Å². The van der Waals surface area contributed by atoms with Crippen LogP contribution in [0.1, 0.15) is 24.9 Å². The molecule has 0 spiro atoms. The van der Waals surface area contributed by atoms with E-state index >= 15 is 0 Å². The van der Waals surface area contributed by atoms with Gasteiger partial charge in [0.2, 0.25) is 0 Å². The average Bonchev–Trinajstić information content (AvgIpc) is 2.33. The van der Waals surface area contributed by atoms with Crippen LogP contribution in [0.25, 0.3) is 0 Å². The Hall–Kier alpha value is -0.780. The molecular formula is C13H20ClNO3S. The van der Waals surface area contributed by atoms with E-state index in [1.165, 1.54) is 6.26 Å². The minimum atomic E-state index is -2.93. The zero-order valence-electron chi connectivity index (χ0n) is 11.4. The van der Waals surface area contributed by atoms with Crippen molar-refractivity contribution in [2.75, 3.05) is 25.7 Å². The fourth-order valence-corrected chi connectivity index (χ4v) is 2.47. The van der Waals surface area contributed by atoms with Gasteiger partial charge in [-0.1, -0.05) is 11.6 Å². The van der Waals surface area contributed by atoms with Crippen LogP contribution in [0.2, 0.25) is 5.02 Å². The number of ether oxygens (including phenoxy) is 1. The summed E-state index contributed by atoms with van der Waals surface area (Å²) in [7, 11) is -1.07. The molecule has 0 aliphatic rings. The van der Waals surface area contributed by atoms with Crippen LogP contribution in [-0.2, 0) is 9.84 Å². The second-order valence-electron chi connectivity index (χ2n) is 4.52. The summed E-state index contributed by atoms with van der Waals surface area (Å²) in [4.78, 5) is 0. The Kier molecular flexibility index (Phi) is 6.10. The third-order valence-electron chi connectivity index (χ3n) is 2.79. The van der Waals surface area contributed by atoms with Gasteiger partial charge in [-0.3, -0.25) is 0 Å². The Morgan fingerprint density at radius 2 is 2.11 bits per heavy atom. The first-order chi connectivity index (χ1) is 8.83. The topological polar surface area (TPSA) is 55.4 Å². The maximum absolute atomic E-state index is 11.0. The molecule has 1 unspecified atom stereocenters. The zero-order chi connectivity index (χ0) is 14.5. The van der Waals surface area contributed by atoms with Crippen molar-refractivity contribution in [2.24, 2.45) is 0 Å². The molecular weight excluding hydrogens is 286 g/mol. The van der Waals surface area contributed by atoms with Crippen molar-refractivity contribution >= 4 is 21.4 Å². The van der Waals surface area contributed by atoms with Crippen molar-refractivity contribution in [2.45, 2.75) is 19.4 Å². The Bertz CT molecular complexity index is 517. The lowest BCUT2D eigenvalue weighted by Crippen LogP contribution is -2.14. The van der Waals surface area contributed by atoms with Crippen LogP contribution in [0.3, 0.4) is 0 Å². The third-order valence-corrected chi connectivity index (χ3v) is 4.05. The van der Waals surface area contributed by atoms with Gasteiger partial charge in [-0.05, 0) is 38.6 Å². The Morgan fingerprint density at radius 1 is 1.42 bits per heavy atom. The molecule has 4 nitrogen and oxygen atoms in total. The van der Waals surface area contributed by atoms with Crippen LogP contribution in [0, 0.1) is 0 Å². The van der Waals surface area contributed by atoms with Crippen molar-refractivity contribution in [3.05, 3.63) is 28.8 Å². The molecule has 1 N–H and O–H groups in total. The predicted octanol–water partition coefficient (Wildman–Crippen LogP) is 2.43. The summed E-state index contributed by atoms with van der Waals surface area (Å²) in [5.74, 6) is 0.872. The maximum atomic E-state index is 11.0. The fraction of sp³-hybridized carbons (Fsp3) is 0.538. The molecule has 6 heteroatoms. The molecule has 0 fully saturated rings. The molecule has 1 atom stereocenters. The van der Waals surface area contributed by atoms with E-state index in [0.29, 0.717) is 18.1 Å². The third kappa shape index (κ3) is 5.80. The van der Waals surface area contributed by atoms with Crippen LogP contribution in [0.15, 0.2) is 18.2 Å². The monoisotopic (exact) mass is 305 g/mol. The summed E-state index contributed by atoms with van der Waals surface area (Å²) in [6.45, 7) is 2.38. The lowest BCUT2D eigenvalue weighted by Gasteiger charge is -2.16. The smallest absolute Gasteiger partial charge is 0.147 e. The average molecular weight is 306 g/mol. The van der Waals surface area contributed by atoms with Crippen molar-refractivity contribution in [3.8, 4) is 5.75 Å². The van der Waals surface area contributed by atoms with Gasteiger partial charge in [0.25, 0.3) is 0 Å². The van der Waals surface area contributed by atoms with E-state index in [2.05, 4.69) is 5.32 Å². The molecule has 1 aromatic carbocycles. The molecule has 0 saturated heterocycles. The highest BCUT2D eigenvalue weighted by molar-refractivity contribution is 7.90. The molecule has 0 heterocycles. The second-order valence-corrected chi connectivity index (χ2v) is 7.22. The number of sulfone groups is 1. The van der Waals surface area contributed by atoms with Gasteiger partial charge in [0, 0.05) is 22.9 Å². The second kappa shape index (κ2) is 7.12. The fourth-order valence-electron chi connectivity index (χ4n) is 1.65. The standard InChI is InChI=1S/C13H20ClNO3S/c1-10(15-2)12-9-11(14)5-6-13(12)18-7-4-8-19(3,16)17/h5-6,9-10,15H,4,7-8H2,1-3H3.